The van der Waals surface area contributed by atoms with Crippen molar-refractivity contribution in [2.75, 3.05) is 19.5 Å². The Balaban J connectivity index is 2.55. The fourth-order valence-corrected chi connectivity index (χ4v) is 1.55. The average Bonchev–Trinajstić information content (AvgIpc) is 2.29. The minimum Gasteiger partial charge on any atom is -0.372 e. The van der Waals surface area contributed by atoms with Crippen molar-refractivity contribution >= 4 is 17.6 Å². The summed E-state index contributed by atoms with van der Waals surface area (Å²) in [5.41, 5.74) is -0.507. The summed E-state index contributed by atoms with van der Waals surface area (Å²) in [5, 5.41) is 5.47. The van der Waals surface area contributed by atoms with Crippen LogP contribution in [0, 0.1) is 0 Å². The monoisotopic (exact) mass is 244 g/mol. The summed E-state index contributed by atoms with van der Waals surface area (Å²) in [6, 6.07) is -0.424. The van der Waals surface area contributed by atoms with E-state index in [0.29, 0.717) is 12.4 Å². The van der Waals surface area contributed by atoms with Crippen LogP contribution < -0.4 is 10.6 Å². The average molecular weight is 245 g/mol. The number of rotatable bonds is 4. The van der Waals surface area contributed by atoms with Gasteiger partial charge in [0.15, 0.2) is 0 Å². The van der Waals surface area contributed by atoms with E-state index in [-0.39, 0.29) is 12.1 Å². The van der Waals surface area contributed by atoms with Crippen LogP contribution in [0.1, 0.15) is 6.92 Å². The summed E-state index contributed by atoms with van der Waals surface area (Å²) < 4.78 is 5.39. The SMILES string of the molecule is COC1(C)C=CC=CC1NC(=O)NCCCl. The maximum atomic E-state index is 11.5. The number of hydrogen-bond donors (Lipinski definition) is 2. The largest absolute Gasteiger partial charge is 0.372 e. The first kappa shape index (κ1) is 13.1. The minimum atomic E-state index is -0.507. The van der Waals surface area contributed by atoms with Crippen LogP contribution >= 0.6 is 11.6 Å². The zero-order chi connectivity index (χ0) is 12.0. The Hall–Kier alpha value is -1.00. The summed E-state index contributed by atoms with van der Waals surface area (Å²) in [6.07, 6.45) is 7.59. The molecule has 1 aliphatic rings. The first-order chi connectivity index (χ1) is 7.62. The Morgan fingerprint density at radius 2 is 2.31 bits per heavy atom. The Labute approximate surface area is 101 Å². The highest BCUT2D eigenvalue weighted by Gasteiger charge is 2.32. The lowest BCUT2D eigenvalue weighted by Crippen LogP contribution is -2.53. The smallest absolute Gasteiger partial charge is 0.315 e. The van der Waals surface area contributed by atoms with E-state index < -0.39 is 5.60 Å². The zero-order valence-electron chi connectivity index (χ0n) is 9.50. The van der Waals surface area contributed by atoms with Crippen molar-refractivity contribution in [2.45, 2.75) is 18.6 Å². The normalized spacial score (nSPS) is 27.8. The lowest BCUT2D eigenvalue weighted by Gasteiger charge is -2.34. The quantitative estimate of drug-likeness (QED) is 0.735. The van der Waals surface area contributed by atoms with Gasteiger partial charge in [0.25, 0.3) is 0 Å². The second-order valence-corrected chi connectivity index (χ2v) is 4.08. The molecule has 0 aromatic heterocycles. The van der Waals surface area contributed by atoms with Crippen molar-refractivity contribution < 1.29 is 9.53 Å². The van der Waals surface area contributed by atoms with Crippen molar-refractivity contribution in [3.8, 4) is 0 Å². The summed E-state index contributed by atoms with van der Waals surface area (Å²) in [6.45, 7) is 2.36. The van der Waals surface area contributed by atoms with Gasteiger partial charge in [-0.2, -0.15) is 0 Å². The fraction of sp³-hybridized carbons (Fsp3) is 0.545. The molecule has 0 aromatic rings. The lowest BCUT2D eigenvalue weighted by atomic mass is 9.92. The van der Waals surface area contributed by atoms with Crippen molar-refractivity contribution in [2.24, 2.45) is 0 Å². The number of carbonyl (C=O) groups is 1. The second-order valence-electron chi connectivity index (χ2n) is 3.70. The molecule has 4 nitrogen and oxygen atoms in total. The summed E-state index contributed by atoms with van der Waals surface area (Å²) in [4.78, 5) is 11.5. The van der Waals surface area contributed by atoms with Gasteiger partial charge in [0.05, 0.1) is 6.04 Å². The highest BCUT2D eigenvalue weighted by molar-refractivity contribution is 6.18. The standard InChI is InChI=1S/C11H17ClN2O2/c1-11(16-2)6-4-3-5-9(11)14-10(15)13-8-7-12/h3-6,9H,7-8H2,1-2H3,(H2,13,14,15). The van der Waals surface area contributed by atoms with Crippen LogP contribution in [0.15, 0.2) is 24.3 Å². The van der Waals surface area contributed by atoms with Crippen LogP contribution in [-0.2, 0) is 4.74 Å². The number of methoxy groups -OCH3 is 1. The molecule has 0 bridgehead atoms. The number of alkyl halides is 1. The minimum absolute atomic E-state index is 0.183. The third-order valence-corrected chi connectivity index (χ3v) is 2.75. The van der Waals surface area contributed by atoms with E-state index in [1.165, 1.54) is 0 Å². The Bertz CT molecular complexity index is 304. The van der Waals surface area contributed by atoms with Gasteiger partial charge in [0.1, 0.15) is 5.60 Å². The molecule has 2 unspecified atom stereocenters. The Morgan fingerprint density at radius 3 is 2.94 bits per heavy atom. The van der Waals surface area contributed by atoms with Gasteiger partial charge in [-0.1, -0.05) is 24.3 Å². The van der Waals surface area contributed by atoms with Crippen LogP contribution in [0.3, 0.4) is 0 Å². The first-order valence-electron chi connectivity index (χ1n) is 5.14. The molecule has 5 heteroatoms. The van der Waals surface area contributed by atoms with Gasteiger partial charge in [-0.05, 0) is 6.92 Å². The number of ether oxygens (including phenoxy) is 1. The molecule has 0 aliphatic heterocycles. The van der Waals surface area contributed by atoms with Gasteiger partial charge in [0, 0.05) is 19.5 Å². The molecule has 0 saturated carbocycles. The van der Waals surface area contributed by atoms with Gasteiger partial charge in [-0.3, -0.25) is 0 Å². The molecule has 2 N–H and O–H groups in total. The van der Waals surface area contributed by atoms with E-state index in [9.17, 15) is 4.79 Å². The summed E-state index contributed by atoms with van der Waals surface area (Å²) in [5.74, 6) is 0.398. The third kappa shape index (κ3) is 3.25. The van der Waals surface area contributed by atoms with E-state index in [2.05, 4.69) is 10.6 Å². The van der Waals surface area contributed by atoms with Gasteiger partial charge >= 0.3 is 6.03 Å². The molecule has 90 valence electrons. The number of amides is 2. The van der Waals surface area contributed by atoms with Crippen LogP contribution in [0.2, 0.25) is 0 Å². The van der Waals surface area contributed by atoms with E-state index >= 15 is 0 Å². The number of allylic oxidation sites excluding steroid dienone is 2. The van der Waals surface area contributed by atoms with Gasteiger partial charge in [0.2, 0.25) is 0 Å². The van der Waals surface area contributed by atoms with Crippen molar-refractivity contribution in [3.63, 3.8) is 0 Å². The second kappa shape index (κ2) is 5.92. The molecule has 0 fully saturated rings. The van der Waals surface area contributed by atoms with E-state index in [4.69, 9.17) is 16.3 Å². The molecular formula is C11H17ClN2O2. The summed E-state index contributed by atoms with van der Waals surface area (Å²) >= 11 is 5.48. The first-order valence-corrected chi connectivity index (χ1v) is 5.67. The molecule has 0 saturated heterocycles. The highest BCUT2D eigenvalue weighted by atomic mass is 35.5. The maximum Gasteiger partial charge on any atom is 0.315 e. The van der Waals surface area contributed by atoms with Crippen LogP contribution in [0.25, 0.3) is 0 Å². The van der Waals surface area contributed by atoms with Gasteiger partial charge < -0.3 is 15.4 Å². The molecule has 0 radical (unpaired) electrons. The van der Waals surface area contributed by atoms with Crippen molar-refractivity contribution in [1.29, 1.82) is 0 Å². The molecule has 0 aromatic carbocycles. The van der Waals surface area contributed by atoms with Gasteiger partial charge in [-0.25, -0.2) is 4.79 Å². The summed E-state index contributed by atoms with van der Waals surface area (Å²) in [7, 11) is 1.62. The van der Waals surface area contributed by atoms with Crippen LogP contribution in [0.5, 0.6) is 0 Å². The molecule has 2 atom stereocenters. The Kier molecular flexibility index (Phi) is 4.83. The third-order valence-electron chi connectivity index (χ3n) is 2.57. The number of halogens is 1. The predicted octanol–water partition coefficient (Wildman–Crippen LogP) is 1.42. The Morgan fingerprint density at radius 1 is 1.56 bits per heavy atom. The fourth-order valence-electron chi connectivity index (χ4n) is 1.46. The molecule has 0 heterocycles. The number of carbonyl (C=O) groups excluding carboxylic acids is 1. The number of urea groups is 1. The van der Waals surface area contributed by atoms with Crippen molar-refractivity contribution in [3.05, 3.63) is 24.3 Å². The van der Waals surface area contributed by atoms with Crippen molar-refractivity contribution in [1.82, 2.24) is 10.6 Å². The molecule has 16 heavy (non-hydrogen) atoms. The highest BCUT2D eigenvalue weighted by Crippen LogP contribution is 2.21. The maximum absolute atomic E-state index is 11.5. The molecule has 1 rings (SSSR count). The lowest BCUT2D eigenvalue weighted by molar-refractivity contribution is 0.0300. The van der Waals surface area contributed by atoms with Crippen LogP contribution in [-0.4, -0.2) is 37.2 Å². The van der Waals surface area contributed by atoms with Crippen LogP contribution in [0.4, 0.5) is 4.79 Å². The number of nitrogens with one attached hydrogen (secondary N) is 2. The molecule has 1 aliphatic carbocycles. The van der Waals surface area contributed by atoms with E-state index in [1.807, 2.05) is 31.2 Å². The van der Waals surface area contributed by atoms with Gasteiger partial charge in [-0.15, -0.1) is 11.6 Å². The number of hydrogen-bond acceptors (Lipinski definition) is 2. The molecular weight excluding hydrogens is 228 g/mol. The molecule has 0 spiro atoms. The predicted molar refractivity (Wildman–Crippen MR) is 64.7 cm³/mol. The van der Waals surface area contributed by atoms with E-state index in [0.717, 1.165) is 0 Å². The van der Waals surface area contributed by atoms with E-state index in [1.54, 1.807) is 7.11 Å². The topological polar surface area (TPSA) is 50.4 Å². The zero-order valence-corrected chi connectivity index (χ0v) is 10.3. The molecule has 2 amide bonds.